The molecule has 0 spiro atoms. The lowest BCUT2D eigenvalue weighted by atomic mass is 10.2. The lowest BCUT2D eigenvalue weighted by Crippen LogP contribution is -2.26. The number of thioether (sulfide) groups is 1. The van der Waals surface area contributed by atoms with Crippen molar-refractivity contribution in [3.63, 3.8) is 0 Å². The van der Waals surface area contributed by atoms with E-state index in [2.05, 4.69) is 33.4 Å². The SMILES string of the molecule is O=C(NCCSCc1ccc(Br)s1)c1ccc(N2CCCC2=O)cc1. The maximum absolute atomic E-state index is 12.2. The highest BCUT2D eigenvalue weighted by atomic mass is 79.9. The summed E-state index contributed by atoms with van der Waals surface area (Å²) in [6.45, 7) is 1.41. The molecule has 1 aliphatic heterocycles. The molecule has 1 saturated heterocycles. The number of benzene rings is 1. The summed E-state index contributed by atoms with van der Waals surface area (Å²) >= 11 is 7.01. The maximum atomic E-state index is 12.2. The Morgan fingerprint density at radius 3 is 2.68 bits per heavy atom. The van der Waals surface area contributed by atoms with E-state index in [0.717, 1.165) is 33.9 Å². The van der Waals surface area contributed by atoms with Gasteiger partial charge in [-0.05, 0) is 58.7 Å². The van der Waals surface area contributed by atoms with Gasteiger partial charge < -0.3 is 10.2 Å². The normalized spacial score (nSPS) is 14.1. The Labute approximate surface area is 164 Å². The first kappa shape index (κ1) is 18.5. The number of rotatable bonds is 7. The molecule has 0 saturated carbocycles. The zero-order chi connectivity index (χ0) is 17.6. The fourth-order valence-corrected chi connectivity index (χ4v) is 5.11. The van der Waals surface area contributed by atoms with Gasteiger partial charge in [-0.15, -0.1) is 11.3 Å². The molecule has 0 bridgehead atoms. The van der Waals surface area contributed by atoms with Crippen molar-refractivity contribution in [1.29, 1.82) is 0 Å². The molecule has 7 heteroatoms. The summed E-state index contributed by atoms with van der Waals surface area (Å²) in [5.41, 5.74) is 1.50. The monoisotopic (exact) mass is 438 g/mol. The van der Waals surface area contributed by atoms with Crippen LogP contribution in [0.3, 0.4) is 0 Å². The zero-order valence-corrected chi connectivity index (χ0v) is 16.9. The number of carbonyl (C=O) groups is 2. The number of carbonyl (C=O) groups excluding carboxylic acids is 2. The van der Waals surface area contributed by atoms with Crippen molar-refractivity contribution in [2.45, 2.75) is 18.6 Å². The van der Waals surface area contributed by atoms with Crippen LogP contribution in [0.25, 0.3) is 0 Å². The van der Waals surface area contributed by atoms with Gasteiger partial charge >= 0.3 is 0 Å². The van der Waals surface area contributed by atoms with Gasteiger partial charge in [0, 0.05) is 47.1 Å². The molecule has 132 valence electrons. The molecule has 4 nitrogen and oxygen atoms in total. The average Bonchev–Trinajstić information content (AvgIpc) is 3.23. The molecular weight excluding hydrogens is 420 g/mol. The first-order valence-corrected chi connectivity index (χ1v) is 10.9. The van der Waals surface area contributed by atoms with Crippen molar-refractivity contribution in [1.82, 2.24) is 5.32 Å². The summed E-state index contributed by atoms with van der Waals surface area (Å²) < 4.78 is 1.15. The van der Waals surface area contributed by atoms with Crippen molar-refractivity contribution in [2.75, 3.05) is 23.7 Å². The number of amides is 2. The van der Waals surface area contributed by atoms with Crippen LogP contribution in [0, 0.1) is 0 Å². The number of hydrogen-bond acceptors (Lipinski definition) is 4. The van der Waals surface area contributed by atoms with Crippen LogP contribution >= 0.6 is 39.0 Å². The van der Waals surface area contributed by atoms with E-state index in [1.165, 1.54) is 4.88 Å². The van der Waals surface area contributed by atoms with Crippen molar-refractivity contribution in [2.24, 2.45) is 0 Å². The minimum absolute atomic E-state index is 0.0706. The Morgan fingerprint density at radius 1 is 1.24 bits per heavy atom. The highest BCUT2D eigenvalue weighted by Gasteiger charge is 2.21. The van der Waals surface area contributed by atoms with Gasteiger partial charge in [0.2, 0.25) is 5.91 Å². The minimum atomic E-state index is -0.0706. The van der Waals surface area contributed by atoms with Crippen LogP contribution in [0.1, 0.15) is 28.1 Å². The van der Waals surface area contributed by atoms with Gasteiger partial charge in [-0.2, -0.15) is 11.8 Å². The number of anilines is 1. The van der Waals surface area contributed by atoms with Gasteiger partial charge in [0.15, 0.2) is 0 Å². The molecule has 1 aromatic carbocycles. The Morgan fingerprint density at radius 2 is 2.04 bits per heavy atom. The van der Waals surface area contributed by atoms with Crippen LogP contribution < -0.4 is 10.2 Å². The second-order valence-electron chi connectivity index (χ2n) is 5.71. The molecule has 1 aromatic heterocycles. The Bertz CT molecular complexity index is 746. The lowest BCUT2D eigenvalue weighted by molar-refractivity contribution is -0.117. The summed E-state index contributed by atoms with van der Waals surface area (Å²) in [5.74, 6) is 1.93. The van der Waals surface area contributed by atoms with Crippen LogP contribution in [0.4, 0.5) is 5.69 Å². The van der Waals surface area contributed by atoms with E-state index in [9.17, 15) is 9.59 Å². The topological polar surface area (TPSA) is 49.4 Å². The second kappa shape index (κ2) is 8.87. The molecule has 2 aromatic rings. The van der Waals surface area contributed by atoms with Crippen molar-refractivity contribution < 1.29 is 9.59 Å². The van der Waals surface area contributed by atoms with Gasteiger partial charge in [-0.3, -0.25) is 9.59 Å². The Hall–Kier alpha value is -1.31. The summed E-state index contributed by atoms with van der Waals surface area (Å²) in [7, 11) is 0. The van der Waals surface area contributed by atoms with E-state index in [-0.39, 0.29) is 11.8 Å². The average molecular weight is 439 g/mol. The van der Waals surface area contributed by atoms with Gasteiger partial charge in [-0.25, -0.2) is 0 Å². The number of hydrogen-bond donors (Lipinski definition) is 1. The van der Waals surface area contributed by atoms with Gasteiger partial charge in [0.1, 0.15) is 0 Å². The van der Waals surface area contributed by atoms with Crippen LogP contribution in [0.15, 0.2) is 40.2 Å². The highest BCUT2D eigenvalue weighted by molar-refractivity contribution is 9.11. The smallest absolute Gasteiger partial charge is 0.251 e. The second-order valence-corrected chi connectivity index (χ2v) is 9.36. The predicted molar refractivity (Wildman–Crippen MR) is 109 cm³/mol. The van der Waals surface area contributed by atoms with E-state index in [1.807, 2.05) is 23.9 Å². The molecule has 0 unspecified atom stereocenters. The van der Waals surface area contributed by atoms with Crippen molar-refractivity contribution in [3.05, 3.63) is 50.6 Å². The van der Waals surface area contributed by atoms with Gasteiger partial charge in [0.25, 0.3) is 5.91 Å². The van der Waals surface area contributed by atoms with Crippen LogP contribution in [-0.4, -0.2) is 30.7 Å². The van der Waals surface area contributed by atoms with Crippen LogP contribution in [0.5, 0.6) is 0 Å². The molecule has 1 fully saturated rings. The molecule has 1 aliphatic rings. The predicted octanol–water partition coefficient (Wildman–Crippen LogP) is 4.30. The van der Waals surface area contributed by atoms with Gasteiger partial charge in [-0.1, -0.05) is 0 Å². The third-order valence-corrected chi connectivity index (χ3v) is 6.73. The number of nitrogens with one attached hydrogen (secondary N) is 1. The van der Waals surface area contributed by atoms with Crippen LogP contribution in [0.2, 0.25) is 0 Å². The number of nitrogens with zero attached hydrogens (tertiary/aromatic N) is 1. The van der Waals surface area contributed by atoms with Crippen LogP contribution in [-0.2, 0) is 10.5 Å². The maximum Gasteiger partial charge on any atom is 0.251 e. The molecular formula is C18H19BrN2O2S2. The molecule has 25 heavy (non-hydrogen) atoms. The number of thiophene rings is 1. The molecule has 0 aliphatic carbocycles. The summed E-state index contributed by atoms with van der Waals surface area (Å²) in [6.07, 6.45) is 1.52. The molecule has 3 rings (SSSR count). The van der Waals surface area contributed by atoms with E-state index in [1.54, 1.807) is 28.4 Å². The van der Waals surface area contributed by atoms with Gasteiger partial charge in [0.05, 0.1) is 3.79 Å². The first-order chi connectivity index (χ1) is 12.1. The summed E-state index contributed by atoms with van der Waals surface area (Å²) in [5, 5.41) is 2.94. The fourth-order valence-electron chi connectivity index (χ4n) is 2.65. The zero-order valence-electron chi connectivity index (χ0n) is 13.7. The molecule has 2 heterocycles. The lowest BCUT2D eigenvalue weighted by Gasteiger charge is -2.15. The van der Waals surface area contributed by atoms with E-state index in [4.69, 9.17) is 0 Å². The molecule has 2 amide bonds. The highest BCUT2D eigenvalue weighted by Crippen LogP contribution is 2.25. The first-order valence-electron chi connectivity index (χ1n) is 8.14. The van der Waals surface area contributed by atoms with E-state index in [0.29, 0.717) is 18.5 Å². The third kappa shape index (κ3) is 5.09. The molecule has 0 radical (unpaired) electrons. The Balaban J connectivity index is 1.41. The Kier molecular flexibility index (Phi) is 6.56. The largest absolute Gasteiger partial charge is 0.351 e. The number of halogens is 1. The van der Waals surface area contributed by atoms with E-state index >= 15 is 0 Å². The minimum Gasteiger partial charge on any atom is -0.351 e. The molecule has 0 atom stereocenters. The fraction of sp³-hybridized carbons (Fsp3) is 0.333. The summed E-state index contributed by atoms with van der Waals surface area (Å²) in [6, 6.07) is 11.4. The van der Waals surface area contributed by atoms with E-state index < -0.39 is 0 Å². The molecule has 1 N–H and O–H groups in total. The van der Waals surface area contributed by atoms with Crippen molar-refractivity contribution >= 4 is 56.5 Å². The quantitative estimate of drug-likeness (QED) is 0.655. The van der Waals surface area contributed by atoms with Crippen molar-refractivity contribution in [3.8, 4) is 0 Å². The third-order valence-electron chi connectivity index (χ3n) is 3.92. The summed E-state index contributed by atoms with van der Waals surface area (Å²) in [4.78, 5) is 27.0. The standard InChI is InChI=1S/C18H19BrN2O2S2/c19-16-8-7-15(25-16)12-24-11-9-20-18(23)13-3-5-14(6-4-13)21-10-1-2-17(21)22/h3-8H,1-2,9-12H2,(H,20,23).